The molecule has 150 valence electrons. The molecule has 2 heterocycles. The van der Waals surface area contributed by atoms with Crippen LogP contribution in [0.15, 0.2) is 71.7 Å². The molecule has 5 rings (SSSR count). The number of nitrogens with two attached hydrogens (primary N) is 1. The Morgan fingerprint density at radius 3 is 2.73 bits per heavy atom. The van der Waals surface area contributed by atoms with Gasteiger partial charge in [0.05, 0.1) is 11.2 Å². The predicted octanol–water partition coefficient (Wildman–Crippen LogP) is 3.82. The number of aromatic amines is 1. The Bertz CT molecular complexity index is 1420. The Balaban J connectivity index is 1.79. The second-order valence-corrected chi connectivity index (χ2v) is 7.23. The zero-order valence-electron chi connectivity index (χ0n) is 16.2. The lowest BCUT2D eigenvalue weighted by Crippen LogP contribution is -2.15. The minimum absolute atomic E-state index is 0.358. The van der Waals surface area contributed by atoms with Crippen molar-refractivity contribution in [3.8, 4) is 17.1 Å². The number of fused-ring (bicyclic) bond motifs is 2. The summed E-state index contributed by atoms with van der Waals surface area (Å²) in [5.41, 5.74) is 7.56. The van der Waals surface area contributed by atoms with E-state index in [4.69, 9.17) is 5.73 Å². The molecule has 5 aromatic rings. The highest BCUT2D eigenvalue weighted by Crippen LogP contribution is 2.31. The first-order valence-corrected chi connectivity index (χ1v) is 9.82. The summed E-state index contributed by atoms with van der Waals surface area (Å²) < 4.78 is 17.6. The first kappa shape index (κ1) is 18.3. The van der Waals surface area contributed by atoms with E-state index in [9.17, 15) is 9.18 Å². The van der Waals surface area contributed by atoms with Crippen LogP contribution in [0, 0.1) is 5.82 Å². The topological polar surface area (TPSA) is 81.6 Å². The summed E-state index contributed by atoms with van der Waals surface area (Å²) in [5, 5.41) is 9.56. The molecule has 0 aliphatic rings. The Morgan fingerprint density at radius 2 is 1.87 bits per heavy atom. The van der Waals surface area contributed by atoms with E-state index in [2.05, 4.69) is 10.2 Å². The summed E-state index contributed by atoms with van der Waals surface area (Å²) in [4.78, 5) is 12.8. The quantitative estimate of drug-likeness (QED) is 0.470. The molecule has 3 N–H and O–H groups in total. The standard InChI is InChI=1S/C23H20FN5O/c24-16-9-10-20-19(13-16)21(14-28(20)12-4-11-25)29-22(26-27-23(29)30)18-8-3-6-15-5-1-2-7-17(15)18/h1-3,5-10,13-14H,4,11-12,25H2,(H,27,30). The van der Waals surface area contributed by atoms with Gasteiger partial charge in [0, 0.05) is 23.7 Å². The number of H-pyrrole nitrogens is 1. The van der Waals surface area contributed by atoms with Crippen molar-refractivity contribution in [1.82, 2.24) is 19.3 Å². The van der Waals surface area contributed by atoms with Crippen LogP contribution in [0.5, 0.6) is 0 Å². The summed E-state index contributed by atoms with van der Waals surface area (Å²) in [5.74, 6) is 0.127. The molecule has 6 nitrogen and oxygen atoms in total. The van der Waals surface area contributed by atoms with Crippen molar-refractivity contribution >= 4 is 21.7 Å². The van der Waals surface area contributed by atoms with E-state index in [1.807, 2.05) is 53.2 Å². The molecule has 30 heavy (non-hydrogen) atoms. The van der Waals surface area contributed by atoms with Gasteiger partial charge in [-0.25, -0.2) is 18.9 Å². The molecule has 0 aliphatic heterocycles. The van der Waals surface area contributed by atoms with Crippen molar-refractivity contribution in [3.63, 3.8) is 0 Å². The zero-order chi connectivity index (χ0) is 20.7. The van der Waals surface area contributed by atoms with Gasteiger partial charge in [-0.3, -0.25) is 0 Å². The number of benzene rings is 3. The lowest BCUT2D eigenvalue weighted by atomic mass is 10.0. The average molecular weight is 401 g/mol. The number of aromatic nitrogens is 4. The average Bonchev–Trinajstić information content (AvgIpc) is 3.31. The van der Waals surface area contributed by atoms with Crippen LogP contribution in [0.25, 0.3) is 38.8 Å². The summed E-state index contributed by atoms with van der Waals surface area (Å²) in [7, 11) is 0. The summed E-state index contributed by atoms with van der Waals surface area (Å²) >= 11 is 0. The molecule has 0 unspecified atom stereocenters. The van der Waals surface area contributed by atoms with Crippen LogP contribution in [0.4, 0.5) is 4.39 Å². The van der Waals surface area contributed by atoms with Gasteiger partial charge in [-0.15, -0.1) is 0 Å². The summed E-state index contributed by atoms with van der Waals surface area (Å²) in [6.07, 6.45) is 2.64. The van der Waals surface area contributed by atoms with Crippen molar-refractivity contribution in [2.75, 3.05) is 6.54 Å². The Labute approximate surface area is 171 Å². The number of hydrogen-bond acceptors (Lipinski definition) is 3. The maximum Gasteiger partial charge on any atom is 0.348 e. The van der Waals surface area contributed by atoms with Crippen LogP contribution in [0.3, 0.4) is 0 Å². The van der Waals surface area contributed by atoms with Gasteiger partial charge in [-0.1, -0.05) is 42.5 Å². The maximum atomic E-state index is 14.1. The highest BCUT2D eigenvalue weighted by atomic mass is 19.1. The number of nitrogens with one attached hydrogen (secondary N) is 1. The predicted molar refractivity (Wildman–Crippen MR) is 116 cm³/mol. The van der Waals surface area contributed by atoms with Crippen LogP contribution in [0.2, 0.25) is 0 Å². The van der Waals surface area contributed by atoms with E-state index in [0.717, 1.165) is 28.3 Å². The van der Waals surface area contributed by atoms with E-state index in [0.29, 0.717) is 30.0 Å². The van der Waals surface area contributed by atoms with Gasteiger partial charge in [0.2, 0.25) is 0 Å². The minimum Gasteiger partial charge on any atom is -0.345 e. The van der Waals surface area contributed by atoms with E-state index >= 15 is 0 Å². The van der Waals surface area contributed by atoms with Gasteiger partial charge >= 0.3 is 5.69 Å². The number of nitrogens with zero attached hydrogens (tertiary/aromatic N) is 3. The van der Waals surface area contributed by atoms with Gasteiger partial charge in [0.1, 0.15) is 5.82 Å². The second-order valence-electron chi connectivity index (χ2n) is 7.23. The van der Waals surface area contributed by atoms with Gasteiger partial charge in [-0.05, 0) is 41.9 Å². The van der Waals surface area contributed by atoms with E-state index in [1.54, 1.807) is 6.07 Å². The maximum absolute atomic E-state index is 14.1. The number of halogens is 1. The lowest BCUT2D eigenvalue weighted by Gasteiger charge is -2.08. The first-order chi connectivity index (χ1) is 14.7. The molecule has 2 aromatic heterocycles. The molecule has 3 aromatic carbocycles. The summed E-state index contributed by atoms with van der Waals surface area (Å²) in [6.45, 7) is 1.22. The van der Waals surface area contributed by atoms with E-state index in [-0.39, 0.29) is 11.5 Å². The molecule has 0 saturated carbocycles. The fourth-order valence-corrected chi connectivity index (χ4v) is 4.00. The fourth-order valence-electron chi connectivity index (χ4n) is 4.00. The monoisotopic (exact) mass is 401 g/mol. The highest BCUT2D eigenvalue weighted by molar-refractivity contribution is 5.96. The Hall–Kier alpha value is -3.71. The number of hydrogen-bond donors (Lipinski definition) is 2. The van der Waals surface area contributed by atoms with Gasteiger partial charge < -0.3 is 10.3 Å². The van der Waals surface area contributed by atoms with Crippen molar-refractivity contribution in [2.45, 2.75) is 13.0 Å². The van der Waals surface area contributed by atoms with Crippen molar-refractivity contribution in [2.24, 2.45) is 5.73 Å². The third-order valence-electron chi connectivity index (χ3n) is 5.37. The third kappa shape index (κ3) is 2.91. The largest absolute Gasteiger partial charge is 0.348 e. The molecule has 0 fully saturated rings. The van der Waals surface area contributed by atoms with Crippen LogP contribution in [-0.2, 0) is 6.54 Å². The Kier molecular flexibility index (Phi) is 4.44. The van der Waals surface area contributed by atoms with Crippen molar-refractivity contribution in [1.29, 1.82) is 0 Å². The van der Waals surface area contributed by atoms with Gasteiger partial charge in [0.25, 0.3) is 0 Å². The van der Waals surface area contributed by atoms with Crippen LogP contribution in [0.1, 0.15) is 6.42 Å². The second kappa shape index (κ2) is 7.27. The van der Waals surface area contributed by atoms with Gasteiger partial charge in [-0.2, -0.15) is 5.10 Å². The van der Waals surface area contributed by atoms with Gasteiger partial charge in [0.15, 0.2) is 5.82 Å². The molecule has 0 saturated heterocycles. The molecule has 0 aliphatic carbocycles. The fraction of sp³-hybridized carbons (Fsp3) is 0.130. The molecule has 0 atom stereocenters. The molecule has 0 bridgehead atoms. The SMILES string of the molecule is NCCCn1cc(-n2c(-c3cccc4ccccc34)n[nH]c2=O)c2cc(F)ccc21. The minimum atomic E-state index is -0.375. The number of aryl methyl sites for hydroxylation is 1. The molecule has 0 spiro atoms. The van der Waals surface area contributed by atoms with E-state index in [1.165, 1.54) is 16.7 Å². The molecule has 0 amide bonds. The van der Waals surface area contributed by atoms with Crippen LogP contribution in [-0.4, -0.2) is 25.9 Å². The molecule has 7 heteroatoms. The Morgan fingerprint density at radius 1 is 1.03 bits per heavy atom. The third-order valence-corrected chi connectivity index (χ3v) is 5.37. The first-order valence-electron chi connectivity index (χ1n) is 9.82. The van der Waals surface area contributed by atoms with Crippen molar-refractivity contribution in [3.05, 3.63) is 83.2 Å². The smallest absolute Gasteiger partial charge is 0.345 e. The van der Waals surface area contributed by atoms with Crippen LogP contribution >= 0.6 is 0 Å². The molecule has 0 radical (unpaired) electrons. The molecular weight excluding hydrogens is 381 g/mol. The van der Waals surface area contributed by atoms with Crippen molar-refractivity contribution < 1.29 is 4.39 Å². The normalized spacial score (nSPS) is 11.5. The zero-order valence-corrected chi connectivity index (χ0v) is 16.2. The van der Waals surface area contributed by atoms with E-state index < -0.39 is 0 Å². The van der Waals surface area contributed by atoms with Crippen LogP contribution < -0.4 is 11.4 Å². The summed E-state index contributed by atoms with van der Waals surface area (Å²) in [6, 6.07) is 18.4. The molecular formula is C23H20FN5O. The highest BCUT2D eigenvalue weighted by Gasteiger charge is 2.19. The number of rotatable bonds is 5. The lowest BCUT2D eigenvalue weighted by molar-refractivity contribution is 0.629.